The maximum atomic E-state index is 13.3. The minimum atomic E-state index is -0.166. The van der Waals surface area contributed by atoms with E-state index >= 15 is 0 Å². The van der Waals surface area contributed by atoms with Gasteiger partial charge in [-0.2, -0.15) is 0 Å². The molecular weight excluding hydrogens is 430 g/mol. The maximum absolute atomic E-state index is 13.3. The zero-order chi connectivity index (χ0) is 20.0. The van der Waals surface area contributed by atoms with Crippen LogP contribution in [0, 0.1) is 0 Å². The quantitative estimate of drug-likeness (QED) is 0.532. The average molecular weight is 448 g/mol. The van der Waals surface area contributed by atoms with Crippen LogP contribution in [0.15, 0.2) is 46.6 Å². The Balaban J connectivity index is 2.03. The van der Waals surface area contributed by atoms with Gasteiger partial charge in [-0.05, 0) is 19.1 Å². The second-order valence-corrected chi connectivity index (χ2v) is 9.80. The lowest BCUT2D eigenvalue weighted by atomic mass is 10.3. The zero-order valence-corrected chi connectivity index (χ0v) is 18.6. The van der Waals surface area contributed by atoms with Crippen LogP contribution in [0.1, 0.15) is 6.92 Å². The van der Waals surface area contributed by atoms with Gasteiger partial charge in [-0.15, -0.1) is 17.9 Å². The number of aromatic nitrogens is 1. The molecule has 2 aromatic rings. The third-order valence-corrected chi connectivity index (χ3v) is 8.65. The molecule has 4 rings (SSSR count). The Bertz CT molecular complexity index is 1190. The third-order valence-electron chi connectivity index (χ3n) is 4.47. The van der Waals surface area contributed by atoms with Gasteiger partial charge in [-0.25, -0.2) is 0 Å². The third kappa shape index (κ3) is 2.97. The van der Waals surface area contributed by atoms with Gasteiger partial charge in [-0.1, -0.05) is 54.0 Å². The van der Waals surface area contributed by atoms with Crippen molar-refractivity contribution in [3.8, 4) is 0 Å². The predicted molar refractivity (Wildman–Crippen MR) is 123 cm³/mol. The first-order chi connectivity index (χ1) is 13.5. The van der Waals surface area contributed by atoms with Crippen LogP contribution in [0.25, 0.3) is 9.93 Å². The molecule has 1 aromatic carbocycles. The van der Waals surface area contributed by atoms with Crippen LogP contribution in [0.5, 0.6) is 0 Å². The number of anilines is 1. The molecule has 0 radical (unpaired) electrons. The Hall–Kier alpha value is -1.81. The molecule has 0 aliphatic carbocycles. The van der Waals surface area contributed by atoms with Gasteiger partial charge in [0.2, 0.25) is 0 Å². The molecule has 9 heteroatoms. The molecule has 2 aliphatic rings. The SMILES string of the molecule is C=CCn1c(=C2SC(=S)N(C)C2=O)sc(=C2Sc3ccccc3N2CC)c1=O. The maximum Gasteiger partial charge on any atom is 0.272 e. The van der Waals surface area contributed by atoms with Crippen molar-refractivity contribution in [2.24, 2.45) is 0 Å². The lowest BCUT2D eigenvalue weighted by Crippen LogP contribution is -2.35. The van der Waals surface area contributed by atoms with Gasteiger partial charge < -0.3 is 4.90 Å². The Morgan fingerprint density at radius 3 is 2.61 bits per heavy atom. The molecule has 0 N–H and O–H groups in total. The van der Waals surface area contributed by atoms with Crippen molar-refractivity contribution in [2.75, 3.05) is 18.5 Å². The highest BCUT2D eigenvalue weighted by Crippen LogP contribution is 2.45. The molecule has 2 aliphatic heterocycles. The molecule has 1 aromatic heterocycles. The fourth-order valence-electron chi connectivity index (χ4n) is 3.10. The summed E-state index contributed by atoms with van der Waals surface area (Å²) in [5, 5.41) is 0.912. The fraction of sp³-hybridized carbons (Fsp3) is 0.211. The van der Waals surface area contributed by atoms with Crippen LogP contribution in [0.4, 0.5) is 5.69 Å². The van der Waals surface area contributed by atoms with Gasteiger partial charge in [0.1, 0.15) is 23.4 Å². The van der Waals surface area contributed by atoms with Crippen molar-refractivity contribution in [2.45, 2.75) is 18.4 Å². The lowest BCUT2D eigenvalue weighted by Gasteiger charge is -2.16. The van der Waals surface area contributed by atoms with Crippen molar-refractivity contribution in [3.05, 3.63) is 56.5 Å². The Morgan fingerprint density at radius 2 is 1.96 bits per heavy atom. The number of para-hydroxylation sites is 1. The van der Waals surface area contributed by atoms with Crippen molar-refractivity contribution >= 4 is 72.9 Å². The molecule has 1 saturated heterocycles. The van der Waals surface area contributed by atoms with Gasteiger partial charge in [0.15, 0.2) is 0 Å². The summed E-state index contributed by atoms with van der Waals surface area (Å²) < 4.78 is 3.40. The van der Waals surface area contributed by atoms with Crippen molar-refractivity contribution < 1.29 is 4.79 Å². The number of thiazole rings is 1. The van der Waals surface area contributed by atoms with Crippen LogP contribution >= 0.6 is 47.1 Å². The predicted octanol–water partition coefficient (Wildman–Crippen LogP) is 2.39. The van der Waals surface area contributed by atoms with Crippen LogP contribution in [0.2, 0.25) is 0 Å². The van der Waals surface area contributed by atoms with E-state index in [-0.39, 0.29) is 11.5 Å². The smallest absolute Gasteiger partial charge is 0.272 e. The molecule has 1 amide bonds. The lowest BCUT2D eigenvalue weighted by molar-refractivity contribution is -0.119. The molecule has 0 saturated carbocycles. The highest BCUT2D eigenvalue weighted by Gasteiger charge is 2.32. The van der Waals surface area contributed by atoms with Crippen LogP contribution in [-0.2, 0) is 11.3 Å². The number of carbonyl (C=O) groups is 1. The van der Waals surface area contributed by atoms with E-state index in [4.69, 9.17) is 12.2 Å². The second-order valence-electron chi connectivity index (χ2n) is 6.12. The largest absolute Gasteiger partial charge is 0.334 e. The summed E-state index contributed by atoms with van der Waals surface area (Å²) in [4.78, 5) is 31.2. The number of fused-ring (bicyclic) bond motifs is 1. The molecule has 0 unspecified atom stereocenters. The molecule has 3 heterocycles. The molecule has 1 fully saturated rings. The van der Waals surface area contributed by atoms with E-state index in [2.05, 4.69) is 30.5 Å². The molecule has 0 bridgehead atoms. The minimum Gasteiger partial charge on any atom is -0.334 e. The summed E-state index contributed by atoms with van der Waals surface area (Å²) in [6.07, 6.45) is 1.67. The standard InChI is InChI=1S/C19H17N3O2S4/c1-4-10-22-16(24)14(27-18(22)13-15(23)20(3)19(25)28-13)17-21(5-2)11-8-6-7-9-12(11)26-17/h4,6-9H,1,5,10H2,2-3H3. The summed E-state index contributed by atoms with van der Waals surface area (Å²) in [5.41, 5.74) is 1.00. The van der Waals surface area contributed by atoms with E-state index in [0.717, 1.165) is 22.2 Å². The van der Waals surface area contributed by atoms with Gasteiger partial charge in [0.05, 0.1) is 5.69 Å². The van der Waals surface area contributed by atoms with Crippen LogP contribution < -0.4 is 19.7 Å². The number of rotatable bonds is 3. The van der Waals surface area contributed by atoms with E-state index in [1.165, 1.54) is 28.0 Å². The van der Waals surface area contributed by atoms with E-state index < -0.39 is 0 Å². The molecule has 0 spiro atoms. The average Bonchev–Trinajstić information content (AvgIpc) is 3.30. The van der Waals surface area contributed by atoms with Gasteiger partial charge in [0, 0.05) is 25.0 Å². The van der Waals surface area contributed by atoms with Crippen molar-refractivity contribution in [1.82, 2.24) is 9.47 Å². The van der Waals surface area contributed by atoms with E-state index in [1.54, 1.807) is 29.5 Å². The number of hydrogen-bond acceptors (Lipinski definition) is 7. The molecule has 0 atom stereocenters. The van der Waals surface area contributed by atoms with Crippen LogP contribution in [-0.4, -0.2) is 33.3 Å². The number of carbonyl (C=O) groups excluding carboxylic acids is 1. The molecule has 28 heavy (non-hydrogen) atoms. The van der Waals surface area contributed by atoms with E-state index in [1.807, 2.05) is 12.1 Å². The monoisotopic (exact) mass is 447 g/mol. The second kappa shape index (κ2) is 7.55. The summed E-state index contributed by atoms with van der Waals surface area (Å²) in [5.74, 6) is -0.166. The first kappa shape index (κ1) is 19.5. The number of thiocarbonyl (C=S) groups is 1. The Morgan fingerprint density at radius 1 is 1.21 bits per heavy atom. The summed E-state index contributed by atoms with van der Waals surface area (Å²) in [6.45, 7) is 6.93. The van der Waals surface area contributed by atoms with E-state index in [9.17, 15) is 9.59 Å². The summed E-state index contributed by atoms with van der Waals surface area (Å²) in [7, 11) is 1.66. The van der Waals surface area contributed by atoms with Gasteiger partial charge in [-0.3, -0.25) is 19.1 Å². The number of amides is 1. The van der Waals surface area contributed by atoms with Gasteiger partial charge in [0.25, 0.3) is 11.5 Å². The first-order valence-corrected chi connectivity index (χ1v) is 11.5. The summed E-state index contributed by atoms with van der Waals surface area (Å²) >= 11 is 9.46. The molecular formula is C19H17N3O2S4. The Kier molecular flexibility index (Phi) is 5.26. The number of allylic oxidation sites excluding steroid dienone is 1. The number of thioether (sulfide) groups is 2. The van der Waals surface area contributed by atoms with Gasteiger partial charge >= 0.3 is 0 Å². The fourth-order valence-corrected chi connectivity index (χ4v) is 6.94. The Labute approximate surface area is 180 Å². The van der Waals surface area contributed by atoms with Crippen LogP contribution in [0.3, 0.4) is 0 Å². The van der Waals surface area contributed by atoms with E-state index in [0.29, 0.717) is 25.0 Å². The number of benzene rings is 1. The molecule has 144 valence electrons. The molecule has 5 nitrogen and oxygen atoms in total. The zero-order valence-electron chi connectivity index (χ0n) is 15.3. The topological polar surface area (TPSA) is 45.6 Å². The number of nitrogens with zero attached hydrogens (tertiary/aromatic N) is 3. The minimum absolute atomic E-state index is 0.102. The first-order valence-electron chi connectivity index (χ1n) is 8.61. The summed E-state index contributed by atoms with van der Waals surface area (Å²) in [6, 6.07) is 8.12. The normalized spacial score (nSPS) is 20.2. The number of hydrogen-bond donors (Lipinski definition) is 0. The highest BCUT2D eigenvalue weighted by molar-refractivity contribution is 8.30. The highest BCUT2D eigenvalue weighted by atomic mass is 32.2. The van der Waals surface area contributed by atoms with Crippen molar-refractivity contribution in [1.29, 1.82) is 0 Å². The van der Waals surface area contributed by atoms with Crippen molar-refractivity contribution in [3.63, 3.8) is 0 Å².